The van der Waals surface area contributed by atoms with Gasteiger partial charge >= 0.3 is 7.82 Å². The van der Waals surface area contributed by atoms with Crippen LogP contribution in [0.5, 0.6) is 0 Å². The zero-order valence-corrected chi connectivity index (χ0v) is 42.1. The summed E-state index contributed by atoms with van der Waals surface area (Å²) in [5.41, 5.74) is 0. The lowest BCUT2D eigenvalue weighted by molar-refractivity contribution is -0.220. The van der Waals surface area contributed by atoms with E-state index in [0.29, 0.717) is 12.8 Å². The normalized spacial score (nSPS) is 22.6. The van der Waals surface area contributed by atoms with Gasteiger partial charge in [-0.3, -0.25) is 13.8 Å². The van der Waals surface area contributed by atoms with Crippen molar-refractivity contribution in [3.8, 4) is 0 Å². The SMILES string of the molecule is CCCCCCCCCCCCCCC/C=C/C(O)C(COP(=O)(O)OC1C(O)C(O)C(O)C(O)C1O)NC(=O)CC(O)CCCCCCCCCCCCCCCCCCCCCC. The highest BCUT2D eigenvalue weighted by atomic mass is 31.2. The quantitative estimate of drug-likeness (QED) is 0.0158. The van der Waals surface area contributed by atoms with Gasteiger partial charge in [0.15, 0.2) is 0 Å². The predicted octanol–water partition coefficient (Wildman–Crippen LogP) is 10.2. The van der Waals surface area contributed by atoms with E-state index in [1.54, 1.807) is 6.08 Å². The maximum absolute atomic E-state index is 13.1. The van der Waals surface area contributed by atoms with Crippen molar-refractivity contribution in [3.05, 3.63) is 12.2 Å². The second-order valence-corrected chi connectivity index (χ2v) is 20.7. The van der Waals surface area contributed by atoms with Gasteiger partial charge in [0.1, 0.15) is 36.6 Å². The first-order chi connectivity index (χ1) is 31.3. The topological polar surface area (TPSA) is 226 Å². The van der Waals surface area contributed by atoms with Gasteiger partial charge in [0.25, 0.3) is 0 Å². The molecule has 0 radical (unpaired) electrons. The summed E-state index contributed by atoms with van der Waals surface area (Å²) >= 11 is 0. The number of aliphatic hydroxyl groups is 7. The molecule has 0 bridgehead atoms. The van der Waals surface area contributed by atoms with Gasteiger partial charge in [0, 0.05) is 0 Å². The van der Waals surface area contributed by atoms with E-state index in [9.17, 15) is 50.0 Å². The van der Waals surface area contributed by atoms with Crippen molar-refractivity contribution in [2.45, 2.75) is 300 Å². The van der Waals surface area contributed by atoms with Crippen LogP contribution < -0.4 is 5.32 Å². The zero-order chi connectivity index (χ0) is 48.0. The molecule has 1 fully saturated rings. The monoisotopic (exact) mass is 950 g/mol. The lowest BCUT2D eigenvalue weighted by Crippen LogP contribution is -2.64. The first-order valence-corrected chi connectivity index (χ1v) is 28.2. The number of phosphoric acid groups is 1. The van der Waals surface area contributed by atoms with Crippen LogP contribution in [0.3, 0.4) is 0 Å². The minimum Gasteiger partial charge on any atom is -0.393 e. The third kappa shape index (κ3) is 32.5. The van der Waals surface area contributed by atoms with Gasteiger partial charge in [-0.15, -0.1) is 0 Å². The van der Waals surface area contributed by atoms with Gasteiger partial charge in [0.05, 0.1) is 31.3 Å². The van der Waals surface area contributed by atoms with E-state index >= 15 is 0 Å². The highest BCUT2D eigenvalue weighted by Gasteiger charge is 2.51. The van der Waals surface area contributed by atoms with Crippen LogP contribution >= 0.6 is 7.82 Å². The van der Waals surface area contributed by atoms with E-state index in [2.05, 4.69) is 19.2 Å². The van der Waals surface area contributed by atoms with Gasteiger partial charge in [-0.25, -0.2) is 4.57 Å². The largest absolute Gasteiger partial charge is 0.472 e. The van der Waals surface area contributed by atoms with Gasteiger partial charge in [-0.1, -0.05) is 231 Å². The summed E-state index contributed by atoms with van der Waals surface area (Å²) in [4.78, 5) is 23.5. The third-order valence-corrected chi connectivity index (χ3v) is 14.1. The highest BCUT2D eigenvalue weighted by molar-refractivity contribution is 7.47. The van der Waals surface area contributed by atoms with Crippen molar-refractivity contribution in [3.63, 3.8) is 0 Å². The molecule has 1 aliphatic carbocycles. The van der Waals surface area contributed by atoms with Crippen LogP contribution in [0.1, 0.15) is 245 Å². The summed E-state index contributed by atoms with van der Waals surface area (Å²) in [6.07, 6.45) is 31.5. The summed E-state index contributed by atoms with van der Waals surface area (Å²) in [6.45, 7) is 3.77. The average molecular weight is 950 g/mol. The van der Waals surface area contributed by atoms with Crippen LogP contribution in [0.15, 0.2) is 12.2 Å². The van der Waals surface area contributed by atoms with Crippen LogP contribution in [0, 0.1) is 0 Å². The number of amides is 1. The molecule has 0 spiro atoms. The van der Waals surface area contributed by atoms with Crippen LogP contribution in [0.25, 0.3) is 0 Å². The first-order valence-electron chi connectivity index (χ1n) is 26.7. The number of carbonyl (C=O) groups excluding carboxylic acids is 1. The van der Waals surface area contributed by atoms with Crippen molar-refractivity contribution in [2.24, 2.45) is 0 Å². The summed E-state index contributed by atoms with van der Waals surface area (Å²) in [7, 11) is -5.14. The van der Waals surface area contributed by atoms with E-state index in [4.69, 9.17) is 9.05 Å². The minimum absolute atomic E-state index is 0.239. The Bertz CT molecular complexity index is 1170. The number of carbonyl (C=O) groups is 1. The Morgan fingerprint density at radius 1 is 0.538 bits per heavy atom. The lowest BCUT2D eigenvalue weighted by Gasteiger charge is -2.41. The number of aliphatic hydroxyl groups excluding tert-OH is 7. The molecule has 13 nitrogen and oxygen atoms in total. The Hall–Kier alpha value is -0.960. The molecule has 0 aromatic carbocycles. The zero-order valence-electron chi connectivity index (χ0n) is 41.2. The molecule has 65 heavy (non-hydrogen) atoms. The van der Waals surface area contributed by atoms with Crippen LogP contribution in [0.2, 0.25) is 0 Å². The molecule has 386 valence electrons. The van der Waals surface area contributed by atoms with E-state index in [1.807, 2.05) is 0 Å². The van der Waals surface area contributed by atoms with Crippen molar-refractivity contribution in [2.75, 3.05) is 6.61 Å². The number of nitrogens with one attached hydrogen (secondary N) is 1. The molecule has 1 saturated carbocycles. The predicted molar refractivity (Wildman–Crippen MR) is 261 cm³/mol. The Morgan fingerprint density at radius 3 is 1.26 bits per heavy atom. The number of allylic oxidation sites excluding steroid dienone is 1. The number of phosphoric ester groups is 1. The number of unbranched alkanes of at least 4 members (excludes halogenated alkanes) is 32. The number of rotatable bonds is 45. The Kier molecular flexibility index (Phi) is 39.0. The fraction of sp³-hybridized carbons (Fsp3) is 0.941. The van der Waals surface area contributed by atoms with Crippen molar-refractivity contribution in [1.82, 2.24) is 5.32 Å². The second kappa shape index (κ2) is 40.9. The summed E-state index contributed by atoms with van der Waals surface area (Å²) < 4.78 is 22.9. The number of hydrogen-bond donors (Lipinski definition) is 9. The molecular weight excluding hydrogens is 850 g/mol. The minimum atomic E-state index is -5.14. The molecule has 1 aliphatic rings. The third-order valence-electron chi connectivity index (χ3n) is 13.1. The van der Waals surface area contributed by atoms with Gasteiger partial charge in [0.2, 0.25) is 5.91 Å². The fourth-order valence-corrected chi connectivity index (χ4v) is 9.74. The molecule has 1 rings (SSSR count). The van der Waals surface area contributed by atoms with Crippen molar-refractivity contribution in [1.29, 1.82) is 0 Å². The molecule has 0 aliphatic heterocycles. The lowest BCUT2D eigenvalue weighted by atomic mass is 9.85. The maximum atomic E-state index is 13.1. The smallest absolute Gasteiger partial charge is 0.393 e. The fourth-order valence-electron chi connectivity index (χ4n) is 8.77. The molecule has 0 saturated heterocycles. The molecule has 1 amide bonds. The molecule has 9 N–H and O–H groups in total. The van der Waals surface area contributed by atoms with Gasteiger partial charge in [-0.05, 0) is 19.3 Å². The number of hydrogen-bond acceptors (Lipinski definition) is 11. The standard InChI is InChI=1S/C51H100NO12P/c1-3-5-7-9-11-13-15-17-19-20-21-22-23-25-26-28-30-32-34-36-38-42(53)40-45(55)52-43(41-63-65(61,62)64-51-49(59)47(57)46(56)48(58)50(51)60)44(54)39-37-35-33-31-29-27-24-18-16-14-12-10-8-6-4-2/h37,39,42-44,46-51,53-54,56-60H,3-36,38,40-41H2,1-2H3,(H,52,55)(H,61,62)/b39-37+. The van der Waals surface area contributed by atoms with E-state index in [1.165, 1.54) is 173 Å². The second-order valence-electron chi connectivity index (χ2n) is 19.3. The van der Waals surface area contributed by atoms with E-state index < -0.39 is 75.2 Å². The molecular formula is C51H100NO12P. The van der Waals surface area contributed by atoms with Gasteiger partial charge in [-0.2, -0.15) is 0 Å². The molecule has 0 heterocycles. The summed E-state index contributed by atoms with van der Waals surface area (Å²) in [5.74, 6) is -0.588. The summed E-state index contributed by atoms with van der Waals surface area (Å²) in [5, 5.41) is 74.7. The van der Waals surface area contributed by atoms with Crippen LogP contribution in [-0.4, -0.2) is 108 Å². The Morgan fingerprint density at radius 2 is 0.877 bits per heavy atom. The van der Waals surface area contributed by atoms with Crippen LogP contribution in [-0.2, 0) is 18.4 Å². The van der Waals surface area contributed by atoms with Crippen LogP contribution in [0.4, 0.5) is 0 Å². The van der Waals surface area contributed by atoms with Crippen molar-refractivity contribution >= 4 is 13.7 Å². The van der Waals surface area contributed by atoms with E-state index in [-0.39, 0.29) is 6.42 Å². The Balaban J connectivity index is 2.43. The molecule has 8 atom stereocenters. The molecule has 0 aromatic rings. The Labute approximate surface area is 395 Å². The average Bonchev–Trinajstić information content (AvgIpc) is 3.28. The maximum Gasteiger partial charge on any atom is 0.472 e. The summed E-state index contributed by atoms with van der Waals surface area (Å²) in [6, 6.07) is -1.24. The molecule has 0 aromatic heterocycles. The first kappa shape index (κ1) is 62.1. The van der Waals surface area contributed by atoms with E-state index in [0.717, 1.165) is 44.9 Å². The molecule has 14 heteroatoms. The van der Waals surface area contributed by atoms with Gasteiger partial charge < -0.3 is 46.0 Å². The van der Waals surface area contributed by atoms with Crippen molar-refractivity contribution < 1.29 is 59.0 Å². The highest BCUT2D eigenvalue weighted by Crippen LogP contribution is 2.47. The molecule has 8 unspecified atom stereocenters.